The Balaban J connectivity index is 1.72. The molecule has 2 aliphatic rings. The normalized spacial score (nSPS) is 29.3. The third kappa shape index (κ3) is 3.02. The largest absolute Gasteiger partial charge is 0.378 e. The fourth-order valence-electron chi connectivity index (χ4n) is 3.04. The molecule has 18 heavy (non-hydrogen) atoms. The van der Waals surface area contributed by atoms with E-state index >= 15 is 0 Å². The number of carbonyl (C=O) groups is 1. The first-order valence-electron chi connectivity index (χ1n) is 7.01. The second-order valence-corrected chi connectivity index (χ2v) is 5.57. The Morgan fingerprint density at radius 3 is 2.67 bits per heavy atom. The number of ether oxygens (including phenoxy) is 1. The van der Waals surface area contributed by atoms with Crippen LogP contribution >= 0.6 is 0 Å². The number of amides is 1. The molecule has 0 saturated heterocycles. The lowest BCUT2D eigenvalue weighted by Gasteiger charge is -2.35. The molecular weight excluding hydrogens is 228 g/mol. The molecule has 4 heteroatoms. The molecule has 1 N–H and O–H groups in total. The lowest BCUT2D eigenvalue weighted by atomic mass is 9.79. The molecule has 0 aromatic heterocycles. The number of nitriles is 1. The van der Waals surface area contributed by atoms with Gasteiger partial charge in [-0.2, -0.15) is 5.26 Å². The van der Waals surface area contributed by atoms with Crippen LogP contribution in [0.4, 0.5) is 0 Å². The van der Waals surface area contributed by atoms with Crippen molar-refractivity contribution in [3.8, 4) is 6.07 Å². The maximum absolute atomic E-state index is 11.9. The molecule has 0 aromatic rings. The van der Waals surface area contributed by atoms with E-state index in [1.54, 1.807) is 0 Å². The topological polar surface area (TPSA) is 62.1 Å². The van der Waals surface area contributed by atoms with E-state index in [1.165, 1.54) is 0 Å². The van der Waals surface area contributed by atoms with E-state index in [1.807, 2.05) is 6.92 Å². The standard InChI is InChI=1S/C14H22N2O2/c1-2-18-12-7-11(8-12)9-13(17)16-14(10-15)5-3-4-6-14/h11-12H,2-9H2,1H3,(H,16,17). The first kappa shape index (κ1) is 13.4. The third-order valence-corrected chi connectivity index (χ3v) is 4.12. The number of nitrogens with one attached hydrogen (secondary N) is 1. The van der Waals surface area contributed by atoms with E-state index in [-0.39, 0.29) is 5.91 Å². The molecule has 0 bridgehead atoms. The number of nitrogens with zero attached hydrogens (tertiary/aromatic N) is 1. The van der Waals surface area contributed by atoms with E-state index in [0.29, 0.717) is 18.4 Å². The van der Waals surface area contributed by atoms with Gasteiger partial charge in [0.15, 0.2) is 0 Å². The second-order valence-electron chi connectivity index (χ2n) is 5.57. The SMILES string of the molecule is CCOC1CC(CC(=O)NC2(C#N)CCCC2)C1. The van der Waals surface area contributed by atoms with Crippen LogP contribution in [0.3, 0.4) is 0 Å². The minimum absolute atomic E-state index is 0.0402. The maximum atomic E-state index is 11.9. The zero-order valence-electron chi connectivity index (χ0n) is 11.1. The van der Waals surface area contributed by atoms with Gasteiger partial charge in [0.1, 0.15) is 5.54 Å². The van der Waals surface area contributed by atoms with Crippen molar-refractivity contribution in [2.24, 2.45) is 5.92 Å². The van der Waals surface area contributed by atoms with Gasteiger partial charge >= 0.3 is 0 Å². The van der Waals surface area contributed by atoms with Gasteiger partial charge < -0.3 is 10.1 Å². The van der Waals surface area contributed by atoms with Gasteiger partial charge in [0.05, 0.1) is 12.2 Å². The van der Waals surface area contributed by atoms with Crippen LogP contribution in [-0.4, -0.2) is 24.2 Å². The highest BCUT2D eigenvalue weighted by Crippen LogP contribution is 2.34. The summed E-state index contributed by atoms with van der Waals surface area (Å²) in [6.07, 6.45) is 6.58. The van der Waals surface area contributed by atoms with E-state index in [9.17, 15) is 10.1 Å². The molecule has 0 atom stereocenters. The highest BCUT2D eigenvalue weighted by atomic mass is 16.5. The molecule has 2 rings (SSSR count). The predicted octanol–water partition coefficient (Wildman–Crippen LogP) is 2.14. The highest BCUT2D eigenvalue weighted by Gasteiger charge is 2.37. The molecular formula is C14H22N2O2. The van der Waals surface area contributed by atoms with Crippen LogP contribution in [0.1, 0.15) is 51.9 Å². The summed E-state index contributed by atoms with van der Waals surface area (Å²) in [5.41, 5.74) is -0.569. The van der Waals surface area contributed by atoms with Crippen LogP contribution in [0.15, 0.2) is 0 Å². The van der Waals surface area contributed by atoms with Crippen LogP contribution in [0.5, 0.6) is 0 Å². The van der Waals surface area contributed by atoms with E-state index in [2.05, 4.69) is 11.4 Å². The number of carbonyl (C=O) groups excluding carboxylic acids is 1. The fourth-order valence-corrected chi connectivity index (χ4v) is 3.04. The van der Waals surface area contributed by atoms with Crippen LogP contribution in [0.25, 0.3) is 0 Å². The molecule has 0 unspecified atom stereocenters. The Morgan fingerprint density at radius 1 is 1.44 bits per heavy atom. The number of hydrogen-bond acceptors (Lipinski definition) is 3. The Bertz CT molecular complexity index is 336. The third-order valence-electron chi connectivity index (χ3n) is 4.12. The lowest BCUT2D eigenvalue weighted by Crippen LogP contribution is -2.46. The van der Waals surface area contributed by atoms with E-state index in [0.717, 1.165) is 45.1 Å². The van der Waals surface area contributed by atoms with E-state index in [4.69, 9.17) is 4.74 Å². The summed E-state index contributed by atoms with van der Waals surface area (Å²) in [6.45, 7) is 2.75. The maximum Gasteiger partial charge on any atom is 0.221 e. The van der Waals surface area contributed by atoms with Gasteiger partial charge in [-0.25, -0.2) is 0 Å². The molecule has 0 heterocycles. The van der Waals surface area contributed by atoms with E-state index < -0.39 is 5.54 Å². The second kappa shape index (κ2) is 5.71. The quantitative estimate of drug-likeness (QED) is 0.813. The number of rotatable bonds is 5. The van der Waals surface area contributed by atoms with Crippen molar-refractivity contribution < 1.29 is 9.53 Å². The van der Waals surface area contributed by atoms with Gasteiger partial charge in [-0.15, -0.1) is 0 Å². The van der Waals surface area contributed by atoms with Crippen molar-refractivity contribution in [1.29, 1.82) is 5.26 Å². The molecule has 2 saturated carbocycles. The monoisotopic (exact) mass is 250 g/mol. The fraction of sp³-hybridized carbons (Fsp3) is 0.857. The van der Waals surface area contributed by atoms with Gasteiger partial charge in [-0.05, 0) is 51.4 Å². The van der Waals surface area contributed by atoms with Gasteiger partial charge in [-0.1, -0.05) is 0 Å². The Labute approximate surface area is 109 Å². The minimum Gasteiger partial charge on any atom is -0.378 e. The molecule has 0 radical (unpaired) electrons. The van der Waals surface area contributed by atoms with Crippen molar-refractivity contribution in [2.75, 3.05) is 6.61 Å². The molecule has 1 amide bonds. The molecule has 0 aliphatic heterocycles. The van der Waals surface area contributed by atoms with Gasteiger partial charge in [0, 0.05) is 13.0 Å². The molecule has 2 aliphatic carbocycles. The summed E-state index contributed by atoms with van der Waals surface area (Å²) < 4.78 is 5.48. The summed E-state index contributed by atoms with van der Waals surface area (Å²) in [7, 11) is 0. The zero-order valence-corrected chi connectivity index (χ0v) is 11.1. The van der Waals surface area contributed by atoms with Crippen molar-refractivity contribution in [1.82, 2.24) is 5.32 Å². The van der Waals surface area contributed by atoms with Crippen molar-refractivity contribution in [3.05, 3.63) is 0 Å². The average Bonchev–Trinajstić information content (AvgIpc) is 2.75. The van der Waals surface area contributed by atoms with Crippen LogP contribution < -0.4 is 5.32 Å². The minimum atomic E-state index is -0.569. The van der Waals surface area contributed by atoms with Crippen LogP contribution in [0.2, 0.25) is 0 Å². The van der Waals surface area contributed by atoms with Crippen molar-refractivity contribution in [3.63, 3.8) is 0 Å². The molecule has 0 aromatic carbocycles. The van der Waals surface area contributed by atoms with Crippen molar-refractivity contribution >= 4 is 5.91 Å². The smallest absolute Gasteiger partial charge is 0.221 e. The van der Waals surface area contributed by atoms with Crippen LogP contribution in [-0.2, 0) is 9.53 Å². The number of hydrogen-bond donors (Lipinski definition) is 1. The average molecular weight is 250 g/mol. The predicted molar refractivity (Wildman–Crippen MR) is 67.7 cm³/mol. The van der Waals surface area contributed by atoms with Gasteiger partial charge in [-0.3, -0.25) is 4.79 Å². The summed E-state index contributed by atoms with van der Waals surface area (Å²) >= 11 is 0. The van der Waals surface area contributed by atoms with Gasteiger partial charge in [0.25, 0.3) is 0 Å². The first-order valence-corrected chi connectivity index (χ1v) is 7.01. The summed E-state index contributed by atoms with van der Waals surface area (Å²) in [5, 5.41) is 12.1. The Kier molecular flexibility index (Phi) is 4.23. The molecule has 4 nitrogen and oxygen atoms in total. The molecule has 2 fully saturated rings. The first-order chi connectivity index (χ1) is 8.67. The summed E-state index contributed by atoms with van der Waals surface area (Å²) in [5.74, 6) is 0.483. The summed E-state index contributed by atoms with van der Waals surface area (Å²) in [4.78, 5) is 11.9. The lowest BCUT2D eigenvalue weighted by molar-refractivity contribution is -0.125. The molecule has 0 spiro atoms. The Hall–Kier alpha value is -1.08. The van der Waals surface area contributed by atoms with Crippen molar-refractivity contribution in [2.45, 2.75) is 63.5 Å². The van der Waals surface area contributed by atoms with Crippen LogP contribution in [0, 0.1) is 17.2 Å². The molecule has 100 valence electrons. The summed E-state index contributed by atoms with van der Waals surface area (Å²) in [6, 6.07) is 2.29. The zero-order chi connectivity index (χ0) is 13.0. The Morgan fingerprint density at radius 2 is 2.11 bits per heavy atom. The van der Waals surface area contributed by atoms with Gasteiger partial charge in [0.2, 0.25) is 5.91 Å². The highest BCUT2D eigenvalue weighted by molar-refractivity contribution is 5.77.